The monoisotopic (exact) mass is 256 g/mol. The highest BCUT2D eigenvalue weighted by molar-refractivity contribution is 5.95. The molecule has 2 aliphatic heterocycles. The van der Waals surface area contributed by atoms with Crippen molar-refractivity contribution in [2.45, 2.75) is 19.4 Å². The first kappa shape index (κ1) is 12.5. The van der Waals surface area contributed by atoms with E-state index in [2.05, 4.69) is 5.32 Å². The molecular weight excluding hydrogens is 240 g/mol. The number of furan rings is 1. The van der Waals surface area contributed by atoms with Crippen LogP contribution in [0.15, 0.2) is 16.7 Å². The van der Waals surface area contributed by atoms with E-state index in [1.54, 1.807) is 6.26 Å². The number of fused-ring (bicyclic) bond motifs is 1. The summed E-state index contributed by atoms with van der Waals surface area (Å²) >= 11 is 0. The Morgan fingerprint density at radius 1 is 1.41 bits per heavy atom. The van der Waals surface area contributed by atoms with Crippen molar-refractivity contribution in [2.75, 3.05) is 19.6 Å². The second kappa shape index (κ2) is 5.10. The van der Waals surface area contributed by atoms with E-state index in [4.69, 9.17) is 4.42 Å². The van der Waals surface area contributed by atoms with Gasteiger partial charge in [0, 0.05) is 12.1 Å². The Labute approximate surface area is 107 Å². The molecule has 0 spiro atoms. The molecule has 1 fully saturated rings. The van der Waals surface area contributed by atoms with Gasteiger partial charge in [0.15, 0.2) is 5.76 Å². The number of rotatable bonds is 2. The summed E-state index contributed by atoms with van der Waals surface area (Å²) in [7, 11) is 0. The van der Waals surface area contributed by atoms with E-state index < -0.39 is 0 Å². The molecule has 1 aromatic heterocycles. The largest absolute Gasteiger partial charge is 0.459 e. The number of hydrogen-bond acceptors (Lipinski definition) is 3. The van der Waals surface area contributed by atoms with Crippen molar-refractivity contribution in [1.82, 2.24) is 10.2 Å². The number of amides is 1. The maximum Gasteiger partial charge on any atom is 0.290 e. The minimum absolute atomic E-state index is 0. The van der Waals surface area contributed by atoms with Gasteiger partial charge in [0.1, 0.15) is 0 Å². The molecule has 0 aromatic carbocycles. The van der Waals surface area contributed by atoms with E-state index >= 15 is 0 Å². The topological polar surface area (TPSA) is 45.5 Å². The van der Waals surface area contributed by atoms with E-state index in [0.29, 0.717) is 11.7 Å². The summed E-state index contributed by atoms with van der Waals surface area (Å²) in [6, 6.07) is 1.90. The second-order valence-corrected chi connectivity index (χ2v) is 4.65. The third-order valence-electron chi connectivity index (χ3n) is 3.53. The standard InChI is InChI=1S/C12H16N2O2.ClH/c15-12-11-10(3-6-16-11)8-14(12)7-9-1-4-13-5-2-9;/h3,6,9,13H,1-2,4-5,7-8H2;1H. The van der Waals surface area contributed by atoms with Crippen LogP contribution in [0.1, 0.15) is 29.0 Å². The zero-order valence-corrected chi connectivity index (χ0v) is 10.5. The van der Waals surface area contributed by atoms with Gasteiger partial charge in [-0.3, -0.25) is 4.79 Å². The first-order valence-electron chi connectivity index (χ1n) is 5.91. The van der Waals surface area contributed by atoms with Crippen LogP contribution in [0.4, 0.5) is 0 Å². The predicted molar refractivity (Wildman–Crippen MR) is 66.3 cm³/mol. The Hall–Kier alpha value is -1.00. The molecule has 1 saturated heterocycles. The summed E-state index contributed by atoms with van der Waals surface area (Å²) in [4.78, 5) is 13.9. The first-order chi connectivity index (χ1) is 7.84. The maximum absolute atomic E-state index is 11.9. The molecule has 0 radical (unpaired) electrons. The Morgan fingerprint density at radius 2 is 2.18 bits per heavy atom. The summed E-state index contributed by atoms with van der Waals surface area (Å²) in [5.74, 6) is 1.27. The van der Waals surface area contributed by atoms with Gasteiger partial charge >= 0.3 is 0 Å². The van der Waals surface area contributed by atoms with Crippen molar-refractivity contribution in [1.29, 1.82) is 0 Å². The molecule has 0 bridgehead atoms. The summed E-state index contributed by atoms with van der Waals surface area (Å²) in [5, 5.41) is 3.34. The molecule has 1 aromatic rings. The normalized spacial score (nSPS) is 20.2. The van der Waals surface area contributed by atoms with Gasteiger partial charge in [0.2, 0.25) is 0 Å². The van der Waals surface area contributed by atoms with Crippen LogP contribution in [-0.2, 0) is 6.54 Å². The van der Waals surface area contributed by atoms with Crippen molar-refractivity contribution in [3.63, 3.8) is 0 Å². The van der Waals surface area contributed by atoms with Crippen LogP contribution < -0.4 is 5.32 Å². The zero-order chi connectivity index (χ0) is 11.0. The number of halogens is 1. The van der Waals surface area contributed by atoms with Crippen LogP contribution in [0, 0.1) is 5.92 Å². The SMILES string of the molecule is Cl.O=C1c2occc2CN1CC1CCNCC1. The van der Waals surface area contributed by atoms with Crippen molar-refractivity contribution in [3.8, 4) is 0 Å². The molecule has 94 valence electrons. The molecule has 1 amide bonds. The first-order valence-corrected chi connectivity index (χ1v) is 5.91. The Kier molecular flexibility index (Phi) is 3.74. The van der Waals surface area contributed by atoms with Gasteiger partial charge in [0.25, 0.3) is 5.91 Å². The van der Waals surface area contributed by atoms with Crippen molar-refractivity contribution in [3.05, 3.63) is 23.7 Å². The van der Waals surface area contributed by atoms with Crippen LogP contribution in [0.5, 0.6) is 0 Å². The van der Waals surface area contributed by atoms with Crippen LogP contribution in [0.3, 0.4) is 0 Å². The fraction of sp³-hybridized carbons (Fsp3) is 0.583. The lowest BCUT2D eigenvalue weighted by Gasteiger charge is -2.27. The molecule has 0 aliphatic carbocycles. The smallest absolute Gasteiger partial charge is 0.290 e. The van der Waals surface area contributed by atoms with Crippen LogP contribution in [0.2, 0.25) is 0 Å². The highest BCUT2D eigenvalue weighted by atomic mass is 35.5. The molecular formula is C12H17ClN2O2. The average molecular weight is 257 g/mol. The zero-order valence-electron chi connectivity index (χ0n) is 9.65. The van der Waals surface area contributed by atoms with Crippen LogP contribution >= 0.6 is 12.4 Å². The molecule has 0 unspecified atom stereocenters. The predicted octanol–water partition coefficient (Wildman–Crippen LogP) is 1.66. The lowest BCUT2D eigenvalue weighted by molar-refractivity contribution is 0.0714. The third-order valence-corrected chi connectivity index (χ3v) is 3.53. The van der Waals surface area contributed by atoms with Gasteiger partial charge < -0.3 is 14.6 Å². The third kappa shape index (κ3) is 2.33. The van der Waals surface area contributed by atoms with Crippen molar-refractivity contribution in [2.24, 2.45) is 5.92 Å². The minimum atomic E-state index is 0. The van der Waals surface area contributed by atoms with Gasteiger partial charge in [-0.05, 0) is 37.9 Å². The van der Waals surface area contributed by atoms with Gasteiger partial charge in [-0.1, -0.05) is 0 Å². The summed E-state index contributed by atoms with van der Waals surface area (Å²) < 4.78 is 5.20. The van der Waals surface area contributed by atoms with E-state index in [9.17, 15) is 4.79 Å². The molecule has 0 atom stereocenters. The summed E-state index contributed by atoms with van der Waals surface area (Å²) in [6.07, 6.45) is 3.95. The van der Waals surface area contributed by atoms with Gasteiger partial charge in [0.05, 0.1) is 12.8 Å². The van der Waals surface area contributed by atoms with Gasteiger partial charge in [-0.15, -0.1) is 12.4 Å². The number of nitrogens with one attached hydrogen (secondary N) is 1. The summed E-state index contributed by atoms with van der Waals surface area (Å²) in [6.45, 7) is 3.77. The molecule has 2 aliphatic rings. The lowest BCUT2D eigenvalue weighted by Crippen LogP contribution is -2.36. The number of carbonyl (C=O) groups is 1. The second-order valence-electron chi connectivity index (χ2n) is 4.65. The average Bonchev–Trinajstić information content (AvgIpc) is 2.86. The lowest BCUT2D eigenvalue weighted by atomic mass is 9.98. The van der Waals surface area contributed by atoms with Crippen LogP contribution in [0.25, 0.3) is 0 Å². The van der Waals surface area contributed by atoms with Crippen molar-refractivity contribution < 1.29 is 9.21 Å². The van der Waals surface area contributed by atoms with E-state index in [0.717, 1.165) is 31.7 Å². The minimum Gasteiger partial charge on any atom is -0.459 e. The van der Waals surface area contributed by atoms with Gasteiger partial charge in [-0.25, -0.2) is 0 Å². The van der Waals surface area contributed by atoms with Crippen molar-refractivity contribution >= 4 is 18.3 Å². The number of nitrogens with zero attached hydrogens (tertiary/aromatic N) is 1. The fourth-order valence-electron chi connectivity index (χ4n) is 2.59. The Morgan fingerprint density at radius 3 is 2.88 bits per heavy atom. The molecule has 4 nitrogen and oxygen atoms in total. The molecule has 5 heteroatoms. The van der Waals surface area contributed by atoms with E-state index in [1.165, 1.54) is 12.8 Å². The van der Waals surface area contributed by atoms with Gasteiger partial charge in [-0.2, -0.15) is 0 Å². The Bertz CT molecular complexity index is 399. The Balaban J connectivity index is 0.00000108. The number of piperidine rings is 1. The highest BCUT2D eigenvalue weighted by Crippen LogP contribution is 2.25. The molecule has 1 N–H and O–H groups in total. The maximum atomic E-state index is 11.9. The number of carbonyl (C=O) groups excluding carboxylic acids is 1. The van der Waals surface area contributed by atoms with E-state index in [1.807, 2.05) is 11.0 Å². The molecule has 3 rings (SSSR count). The highest BCUT2D eigenvalue weighted by Gasteiger charge is 2.32. The van der Waals surface area contributed by atoms with E-state index in [-0.39, 0.29) is 18.3 Å². The molecule has 0 saturated carbocycles. The fourth-order valence-corrected chi connectivity index (χ4v) is 2.59. The van der Waals surface area contributed by atoms with Crippen LogP contribution in [-0.4, -0.2) is 30.4 Å². The quantitative estimate of drug-likeness (QED) is 0.875. The molecule has 17 heavy (non-hydrogen) atoms. The molecule has 3 heterocycles. The summed E-state index contributed by atoms with van der Waals surface area (Å²) in [5.41, 5.74) is 1.04. The number of hydrogen-bond donors (Lipinski definition) is 1.